The molecule has 4 heteroatoms. The van der Waals surface area contributed by atoms with Gasteiger partial charge in [0.1, 0.15) is 6.61 Å². The molecule has 0 amide bonds. The number of anilines is 2. The van der Waals surface area contributed by atoms with E-state index in [4.69, 9.17) is 4.74 Å². The van der Waals surface area contributed by atoms with E-state index in [0.717, 1.165) is 25.1 Å². The number of para-hydroxylation sites is 1. The van der Waals surface area contributed by atoms with Crippen molar-refractivity contribution in [2.75, 3.05) is 37.0 Å². The second-order valence-electron chi connectivity index (χ2n) is 13.9. The highest BCUT2D eigenvalue weighted by molar-refractivity contribution is 5.77. The number of nitrogens with one attached hydrogen (secondary N) is 1. The van der Waals surface area contributed by atoms with E-state index in [0.29, 0.717) is 13.2 Å². The van der Waals surface area contributed by atoms with E-state index in [2.05, 4.69) is 140 Å². The number of likely N-dealkylation sites (N-methyl/N-ethyl adjacent to an activating group) is 1. The van der Waals surface area contributed by atoms with Gasteiger partial charge in [0.15, 0.2) is 0 Å². The molecule has 2 aromatic carbocycles. The number of nitrogens with zero attached hydrogens (tertiary/aromatic N) is 1. The first-order valence-electron chi connectivity index (χ1n) is 14.5. The summed E-state index contributed by atoms with van der Waals surface area (Å²) in [5.41, 5.74) is 4.18. The first-order chi connectivity index (χ1) is 18.0. The second-order valence-corrected chi connectivity index (χ2v) is 13.9. The van der Waals surface area contributed by atoms with E-state index in [1.54, 1.807) is 0 Å². The molecule has 0 aliphatic carbocycles. The van der Waals surface area contributed by atoms with Crippen LogP contribution in [0, 0.1) is 16.2 Å². The first-order valence-corrected chi connectivity index (χ1v) is 14.5. The Labute approximate surface area is 239 Å². The van der Waals surface area contributed by atoms with Crippen LogP contribution in [0.1, 0.15) is 93.2 Å². The number of hydrogen-bond acceptors (Lipinski definition) is 4. The molecular formula is C35H54N2O2. The third-order valence-corrected chi connectivity index (χ3v) is 8.09. The minimum absolute atomic E-state index is 0.0302. The highest BCUT2D eigenvalue weighted by Gasteiger charge is 2.47. The van der Waals surface area contributed by atoms with Crippen molar-refractivity contribution in [2.45, 2.75) is 87.5 Å². The van der Waals surface area contributed by atoms with Crippen LogP contribution in [0.2, 0.25) is 0 Å². The summed E-state index contributed by atoms with van der Waals surface area (Å²) in [4.78, 5) is 15.5. The Kier molecular flexibility index (Phi) is 10.9. The number of hydrogen-bond donors (Lipinski definition) is 1. The molecule has 0 bridgehead atoms. The maximum Gasteiger partial charge on any atom is 0.312 e. The zero-order valence-corrected chi connectivity index (χ0v) is 26.6. The van der Waals surface area contributed by atoms with Crippen LogP contribution in [0.3, 0.4) is 0 Å². The van der Waals surface area contributed by atoms with E-state index in [1.807, 2.05) is 7.05 Å². The van der Waals surface area contributed by atoms with E-state index in [1.165, 1.54) is 16.8 Å². The number of benzene rings is 2. The average Bonchev–Trinajstić information content (AvgIpc) is 2.85. The number of ether oxygens (including phenoxy) is 1. The van der Waals surface area contributed by atoms with Crippen molar-refractivity contribution >= 4 is 23.4 Å². The quantitative estimate of drug-likeness (QED) is 0.276. The van der Waals surface area contributed by atoms with Gasteiger partial charge in [-0.3, -0.25) is 4.79 Å². The zero-order valence-electron chi connectivity index (χ0n) is 26.6. The fourth-order valence-electron chi connectivity index (χ4n) is 5.27. The maximum atomic E-state index is 13.3. The average molecular weight is 535 g/mol. The minimum atomic E-state index is -0.542. The molecule has 2 aromatic rings. The fourth-order valence-corrected chi connectivity index (χ4v) is 5.27. The lowest BCUT2D eigenvalue weighted by molar-refractivity contribution is -0.164. The third-order valence-electron chi connectivity index (χ3n) is 8.09. The van der Waals surface area contributed by atoms with E-state index in [-0.39, 0.29) is 22.2 Å². The summed E-state index contributed by atoms with van der Waals surface area (Å²) >= 11 is 0. The standard InChI is InChI=1S/C35H54N2O2/c1-12-37(24-25-39-31(38)35(10,33(5,6)7)26-32(2,3)4)28-21-19-27(20-22-28)16-15-23-34(8,9)29-17-13-14-18-30(29)36-11/h13-22,36H,12,23-26H2,1-11H3/b16-15+. The summed E-state index contributed by atoms with van der Waals surface area (Å²) in [6, 6.07) is 17.2. The van der Waals surface area contributed by atoms with Crippen molar-refractivity contribution in [1.29, 1.82) is 0 Å². The van der Waals surface area contributed by atoms with Gasteiger partial charge >= 0.3 is 5.97 Å². The Morgan fingerprint density at radius 2 is 1.54 bits per heavy atom. The lowest BCUT2D eigenvalue weighted by atomic mass is 9.61. The molecule has 0 saturated carbocycles. The highest BCUT2D eigenvalue weighted by Crippen LogP contribution is 2.47. The normalized spacial score (nSPS) is 14.2. The van der Waals surface area contributed by atoms with Crippen molar-refractivity contribution in [1.82, 2.24) is 0 Å². The van der Waals surface area contributed by atoms with Gasteiger partial charge in [0.05, 0.1) is 12.0 Å². The van der Waals surface area contributed by atoms with Crippen LogP contribution >= 0.6 is 0 Å². The molecular weight excluding hydrogens is 480 g/mol. The summed E-state index contributed by atoms with van der Waals surface area (Å²) in [6.07, 6.45) is 6.20. The molecule has 1 unspecified atom stereocenters. The van der Waals surface area contributed by atoms with Crippen LogP contribution in [0.4, 0.5) is 11.4 Å². The van der Waals surface area contributed by atoms with Crippen molar-refractivity contribution in [3.05, 3.63) is 65.7 Å². The summed E-state index contributed by atoms with van der Waals surface area (Å²) in [7, 11) is 1.98. The van der Waals surface area contributed by atoms with Gasteiger partial charge in [0.2, 0.25) is 0 Å². The predicted molar refractivity (Wildman–Crippen MR) is 170 cm³/mol. The van der Waals surface area contributed by atoms with Gasteiger partial charge in [0, 0.05) is 25.0 Å². The van der Waals surface area contributed by atoms with E-state index >= 15 is 0 Å². The lowest BCUT2D eigenvalue weighted by Crippen LogP contribution is -2.45. The fraction of sp³-hybridized carbons (Fsp3) is 0.571. The molecule has 1 atom stereocenters. The van der Waals surface area contributed by atoms with Gasteiger partial charge in [-0.2, -0.15) is 0 Å². The van der Waals surface area contributed by atoms with Crippen LogP contribution in [0.5, 0.6) is 0 Å². The van der Waals surface area contributed by atoms with Gasteiger partial charge in [-0.15, -0.1) is 0 Å². The van der Waals surface area contributed by atoms with E-state index in [9.17, 15) is 4.79 Å². The van der Waals surface area contributed by atoms with Crippen molar-refractivity contribution in [2.24, 2.45) is 16.2 Å². The number of carbonyl (C=O) groups is 1. The summed E-state index contributed by atoms with van der Waals surface area (Å²) < 4.78 is 5.90. The van der Waals surface area contributed by atoms with Crippen molar-refractivity contribution < 1.29 is 9.53 Å². The van der Waals surface area contributed by atoms with Gasteiger partial charge in [0.25, 0.3) is 0 Å². The smallest absolute Gasteiger partial charge is 0.312 e. The summed E-state index contributed by atoms with van der Waals surface area (Å²) in [6.45, 7) is 23.6. The minimum Gasteiger partial charge on any atom is -0.463 e. The van der Waals surface area contributed by atoms with Crippen LogP contribution < -0.4 is 10.2 Å². The van der Waals surface area contributed by atoms with Gasteiger partial charge < -0.3 is 15.0 Å². The zero-order chi connectivity index (χ0) is 29.5. The monoisotopic (exact) mass is 534 g/mol. The first kappa shape index (κ1) is 32.5. The maximum absolute atomic E-state index is 13.3. The third kappa shape index (κ3) is 8.88. The molecule has 2 rings (SSSR count). The van der Waals surface area contributed by atoms with Crippen LogP contribution in [-0.2, 0) is 14.9 Å². The molecule has 0 heterocycles. The number of allylic oxidation sites excluding steroid dienone is 1. The molecule has 39 heavy (non-hydrogen) atoms. The van der Waals surface area contributed by atoms with E-state index < -0.39 is 5.41 Å². The molecule has 0 radical (unpaired) electrons. The molecule has 4 nitrogen and oxygen atoms in total. The van der Waals surface area contributed by atoms with Crippen LogP contribution in [0.15, 0.2) is 54.6 Å². The second kappa shape index (κ2) is 13.1. The van der Waals surface area contributed by atoms with Crippen LogP contribution in [0.25, 0.3) is 6.08 Å². The topological polar surface area (TPSA) is 41.6 Å². The molecule has 0 aliphatic heterocycles. The molecule has 216 valence electrons. The Hall–Kier alpha value is -2.75. The summed E-state index contributed by atoms with van der Waals surface area (Å²) in [5.74, 6) is -0.0956. The molecule has 0 aliphatic rings. The predicted octanol–water partition coefficient (Wildman–Crippen LogP) is 8.97. The van der Waals surface area contributed by atoms with Gasteiger partial charge in [-0.25, -0.2) is 0 Å². The number of carbonyl (C=O) groups excluding carboxylic acids is 1. The lowest BCUT2D eigenvalue weighted by Gasteiger charge is -2.43. The van der Waals surface area contributed by atoms with Gasteiger partial charge in [-0.1, -0.05) is 97.9 Å². The number of rotatable bonds is 12. The SMILES string of the molecule is CCN(CCOC(=O)C(C)(CC(C)(C)C)C(C)(C)C)c1ccc(/C=C/CC(C)(C)c2ccccc2NC)cc1. The summed E-state index contributed by atoms with van der Waals surface area (Å²) in [5, 5.41) is 3.32. The van der Waals surface area contributed by atoms with Crippen molar-refractivity contribution in [3.8, 4) is 0 Å². The highest BCUT2D eigenvalue weighted by atomic mass is 16.5. The molecule has 0 fully saturated rings. The van der Waals surface area contributed by atoms with Crippen molar-refractivity contribution in [3.63, 3.8) is 0 Å². The van der Waals surface area contributed by atoms with Gasteiger partial charge in [-0.05, 0) is 72.3 Å². The molecule has 0 aromatic heterocycles. The molecule has 1 N–H and O–H groups in total. The Morgan fingerprint density at radius 3 is 2.08 bits per heavy atom. The Balaban J connectivity index is 2.00. The number of esters is 1. The molecule has 0 spiro atoms. The van der Waals surface area contributed by atoms with Crippen LogP contribution in [-0.4, -0.2) is 32.7 Å². The Morgan fingerprint density at radius 1 is 0.923 bits per heavy atom. The Bertz CT molecular complexity index is 1090. The molecule has 0 saturated heterocycles. The largest absolute Gasteiger partial charge is 0.463 e.